The summed E-state index contributed by atoms with van der Waals surface area (Å²) in [5.74, 6) is 0. The lowest BCUT2D eigenvalue weighted by Gasteiger charge is -2.07. The standard InChI is InChI=1S/C6H8O6P2/c7-13(8,9)5-2-1-3-6(4-5)14(10,11)12/h1-4H,(H2,7,8,9)(H2,10,11,12). The molecule has 0 saturated carbocycles. The van der Waals surface area contributed by atoms with Gasteiger partial charge in [-0.2, -0.15) is 0 Å². The summed E-state index contributed by atoms with van der Waals surface area (Å²) in [7, 11) is -8.92. The Balaban J connectivity index is 3.29. The molecule has 1 aromatic rings. The van der Waals surface area contributed by atoms with Crippen LogP contribution in [0.5, 0.6) is 0 Å². The van der Waals surface area contributed by atoms with Crippen LogP contribution in [-0.2, 0) is 9.13 Å². The molecule has 0 radical (unpaired) electrons. The van der Waals surface area contributed by atoms with Crippen LogP contribution in [0.3, 0.4) is 0 Å². The summed E-state index contributed by atoms with van der Waals surface area (Å²) in [5.41, 5.74) is 0. The van der Waals surface area contributed by atoms with Crippen molar-refractivity contribution in [2.24, 2.45) is 0 Å². The van der Waals surface area contributed by atoms with Gasteiger partial charge in [0.05, 0.1) is 10.6 Å². The molecule has 0 saturated heterocycles. The Kier molecular flexibility index (Phi) is 2.97. The Hall–Kier alpha value is -0.480. The van der Waals surface area contributed by atoms with Gasteiger partial charge in [-0.05, 0) is 18.2 Å². The second-order valence-electron chi connectivity index (χ2n) is 2.61. The van der Waals surface area contributed by atoms with E-state index in [1.807, 2.05) is 0 Å². The maximum Gasteiger partial charge on any atom is 0.356 e. The molecule has 8 heteroatoms. The molecule has 0 aliphatic heterocycles. The van der Waals surface area contributed by atoms with Crippen LogP contribution in [0, 0.1) is 0 Å². The molecule has 0 unspecified atom stereocenters. The van der Waals surface area contributed by atoms with Crippen LogP contribution in [0.15, 0.2) is 24.3 Å². The largest absolute Gasteiger partial charge is 0.356 e. The lowest BCUT2D eigenvalue weighted by Crippen LogP contribution is -2.12. The van der Waals surface area contributed by atoms with Crippen molar-refractivity contribution in [3.8, 4) is 0 Å². The zero-order chi connectivity index (χ0) is 11.0. The highest BCUT2D eigenvalue weighted by Gasteiger charge is 2.22. The first kappa shape index (κ1) is 11.6. The number of hydrogen-bond donors (Lipinski definition) is 4. The van der Waals surface area contributed by atoms with E-state index in [0.717, 1.165) is 18.2 Å². The highest BCUT2D eigenvalue weighted by Crippen LogP contribution is 2.36. The average molecular weight is 238 g/mol. The summed E-state index contributed by atoms with van der Waals surface area (Å²) < 4.78 is 21.5. The molecular formula is C6H8O6P2. The van der Waals surface area contributed by atoms with Gasteiger partial charge in [0.1, 0.15) is 0 Å². The van der Waals surface area contributed by atoms with Crippen molar-refractivity contribution < 1.29 is 28.7 Å². The Labute approximate surface area is 79.5 Å². The average Bonchev–Trinajstić information content (AvgIpc) is 2.01. The zero-order valence-electron chi connectivity index (χ0n) is 6.81. The molecule has 1 rings (SSSR count). The molecule has 0 aromatic heterocycles. The first-order valence-corrected chi connectivity index (χ1v) is 6.66. The Morgan fingerprint density at radius 1 is 0.857 bits per heavy atom. The van der Waals surface area contributed by atoms with Gasteiger partial charge in [0, 0.05) is 0 Å². The van der Waals surface area contributed by atoms with Gasteiger partial charge >= 0.3 is 15.2 Å². The summed E-state index contributed by atoms with van der Waals surface area (Å²) in [6, 6.07) is 4.21. The number of benzene rings is 1. The van der Waals surface area contributed by atoms with E-state index >= 15 is 0 Å². The molecule has 4 N–H and O–H groups in total. The fourth-order valence-electron chi connectivity index (χ4n) is 0.855. The van der Waals surface area contributed by atoms with Crippen LogP contribution >= 0.6 is 15.2 Å². The zero-order valence-corrected chi connectivity index (χ0v) is 8.60. The van der Waals surface area contributed by atoms with Crippen molar-refractivity contribution in [2.75, 3.05) is 0 Å². The minimum atomic E-state index is -4.46. The van der Waals surface area contributed by atoms with Crippen molar-refractivity contribution in [2.45, 2.75) is 0 Å². The van der Waals surface area contributed by atoms with E-state index in [1.54, 1.807) is 0 Å². The Morgan fingerprint density at radius 3 is 1.50 bits per heavy atom. The lowest BCUT2D eigenvalue weighted by atomic mass is 10.4. The van der Waals surface area contributed by atoms with E-state index in [2.05, 4.69) is 0 Å². The molecule has 0 spiro atoms. The highest BCUT2D eigenvalue weighted by molar-refractivity contribution is 7.61. The van der Waals surface area contributed by atoms with E-state index in [0.29, 0.717) is 0 Å². The summed E-state index contributed by atoms with van der Waals surface area (Å²) >= 11 is 0. The van der Waals surface area contributed by atoms with E-state index in [1.165, 1.54) is 6.07 Å². The topological polar surface area (TPSA) is 115 Å². The van der Waals surface area contributed by atoms with E-state index < -0.39 is 25.8 Å². The molecule has 78 valence electrons. The van der Waals surface area contributed by atoms with Crippen LogP contribution in [-0.4, -0.2) is 19.6 Å². The Morgan fingerprint density at radius 2 is 1.21 bits per heavy atom. The van der Waals surface area contributed by atoms with Crippen LogP contribution in [0.25, 0.3) is 0 Å². The molecule has 0 heterocycles. The lowest BCUT2D eigenvalue weighted by molar-refractivity contribution is 0.386. The first-order chi connectivity index (χ1) is 6.21. The van der Waals surface area contributed by atoms with Crippen LogP contribution in [0.1, 0.15) is 0 Å². The van der Waals surface area contributed by atoms with Gasteiger partial charge in [-0.15, -0.1) is 0 Å². The van der Waals surface area contributed by atoms with Crippen LogP contribution in [0.2, 0.25) is 0 Å². The first-order valence-electron chi connectivity index (χ1n) is 3.43. The molecule has 0 bridgehead atoms. The molecule has 0 fully saturated rings. The third-order valence-corrected chi connectivity index (χ3v) is 3.40. The van der Waals surface area contributed by atoms with Crippen molar-refractivity contribution in [3.05, 3.63) is 24.3 Å². The highest BCUT2D eigenvalue weighted by atomic mass is 31.2. The van der Waals surface area contributed by atoms with Gasteiger partial charge in [0.2, 0.25) is 0 Å². The van der Waals surface area contributed by atoms with Crippen molar-refractivity contribution in [1.29, 1.82) is 0 Å². The summed E-state index contributed by atoms with van der Waals surface area (Å²) in [4.78, 5) is 34.9. The predicted molar refractivity (Wildman–Crippen MR) is 49.8 cm³/mol. The quantitative estimate of drug-likeness (QED) is 0.506. The van der Waals surface area contributed by atoms with Gasteiger partial charge in [-0.25, -0.2) is 0 Å². The summed E-state index contributed by atoms with van der Waals surface area (Å²) in [6.07, 6.45) is 0. The fraction of sp³-hybridized carbons (Fsp3) is 0. The molecular weight excluding hydrogens is 230 g/mol. The minimum Gasteiger partial charge on any atom is -0.321 e. The predicted octanol–water partition coefficient (Wildman–Crippen LogP) is -0.707. The summed E-state index contributed by atoms with van der Waals surface area (Å²) in [6.45, 7) is 0. The maximum absolute atomic E-state index is 10.8. The van der Waals surface area contributed by atoms with Crippen LogP contribution < -0.4 is 10.6 Å². The third kappa shape index (κ3) is 2.75. The summed E-state index contributed by atoms with van der Waals surface area (Å²) in [5, 5.41) is -0.809. The van der Waals surface area contributed by atoms with Gasteiger partial charge in [-0.3, -0.25) is 9.13 Å². The van der Waals surface area contributed by atoms with E-state index in [9.17, 15) is 9.13 Å². The van der Waals surface area contributed by atoms with Gasteiger partial charge < -0.3 is 19.6 Å². The Bertz CT molecular complexity index is 392. The molecule has 6 nitrogen and oxygen atoms in total. The molecule has 0 aliphatic rings. The van der Waals surface area contributed by atoms with Gasteiger partial charge in [-0.1, -0.05) is 6.07 Å². The van der Waals surface area contributed by atoms with E-state index in [-0.39, 0.29) is 0 Å². The number of rotatable bonds is 2. The van der Waals surface area contributed by atoms with Crippen molar-refractivity contribution >= 4 is 25.8 Å². The minimum absolute atomic E-state index is 0.404. The third-order valence-electron chi connectivity index (χ3n) is 1.50. The van der Waals surface area contributed by atoms with E-state index in [4.69, 9.17) is 19.6 Å². The fourth-order valence-corrected chi connectivity index (χ4v) is 2.13. The maximum atomic E-state index is 10.8. The van der Waals surface area contributed by atoms with Crippen molar-refractivity contribution in [3.63, 3.8) is 0 Å². The molecule has 14 heavy (non-hydrogen) atoms. The monoisotopic (exact) mass is 238 g/mol. The normalized spacial score (nSPS) is 12.9. The van der Waals surface area contributed by atoms with Crippen molar-refractivity contribution in [1.82, 2.24) is 0 Å². The number of hydrogen-bond acceptors (Lipinski definition) is 2. The molecule has 1 aromatic carbocycles. The molecule has 0 amide bonds. The SMILES string of the molecule is O=P(O)(O)c1cccc(P(=O)(O)O)c1. The van der Waals surface area contributed by atoms with Crippen LogP contribution in [0.4, 0.5) is 0 Å². The second kappa shape index (κ2) is 3.59. The smallest absolute Gasteiger partial charge is 0.321 e. The molecule has 0 aliphatic carbocycles. The second-order valence-corrected chi connectivity index (χ2v) is 5.82. The van der Waals surface area contributed by atoms with Gasteiger partial charge in [0.15, 0.2) is 0 Å². The van der Waals surface area contributed by atoms with Gasteiger partial charge in [0.25, 0.3) is 0 Å². The molecule has 0 atom stereocenters.